The Hall–Kier alpha value is -2.20. The number of carbonyl (C=O) groups excluding carboxylic acids is 1. The van der Waals surface area contributed by atoms with E-state index in [2.05, 4.69) is 17.6 Å². The lowest BCUT2D eigenvalue weighted by Gasteiger charge is -2.12. The van der Waals surface area contributed by atoms with Crippen LogP contribution in [0.3, 0.4) is 0 Å². The molecule has 176 valence electrons. The van der Waals surface area contributed by atoms with Gasteiger partial charge < -0.3 is 15.7 Å². The number of anilines is 2. The number of halogens is 1. The summed E-state index contributed by atoms with van der Waals surface area (Å²) < 4.78 is 0. The number of carbonyl (C=O) groups is 1. The van der Waals surface area contributed by atoms with Crippen molar-refractivity contribution in [3.63, 3.8) is 0 Å². The molecule has 1 amide bonds. The van der Waals surface area contributed by atoms with E-state index < -0.39 is 0 Å². The summed E-state index contributed by atoms with van der Waals surface area (Å²) in [6, 6.07) is 12.6. The van der Waals surface area contributed by atoms with Crippen molar-refractivity contribution in [3.8, 4) is 5.75 Å². The Morgan fingerprint density at radius 3 is 2.00 bits per heavy atom. The average Bonchev–Trinajstić information content (AvgIpc) is 2.79. The SMILES string of the molecule is CCCCCCCCCCCCCCNC(=O)c1cc(Cl)c(Nc2ccccc2)cc1O. The first kappa shape index (κ1) is 26.1. The molecule has 5 heteroatoms. The van der Waals surface area contributed by atoms with Crippen molar-refractivity contribution in [1.29, 1.82) is 0 Å². The van der Waals surface area contributed by atoms with Crippen LogP contribution in [0.5, 0.6) is 5.75 Å². The zero-order valence-electron chi connectivity index (χ0n) is 19.5. The Bertz CT molecular complexity index is 796. The first-order valence-electron chi connectivity index (χ1n) is 12.2. The minimum Gasteiger partial charge on any atom is -0.507 e. The van der Waals surface area contributed by atoms with Gasteiger partial charge in [0.1, 0.15) is 5.75 Å². The molecule has 0 heterocycles. The van der Waals surface area contributed by atoms with Gasteiger partial charge in [-0.25, -0.2) is 0 Å². The molecule has 32 heavy (non-hydrogen) atoms. The lowest BCUT2D eigenvalue weighted by Crippen LogP contribution is -2.24. The van der Waals surface area contributed by atoms with E-state index in [0.29, 0.717) is 17.3 Å². The summed E-state index contributed by atoms with van der Waals surface area (Å²) in [4.78, 5) is 12.4. The maximum atomic E-state index is 12.4. The summed E-state index contributed by atoms with van der Waals surface area (Å²) in [7, 11) is 0. The van der Waals surface area contributed by atoms with E-state index in [-0.39, 0.29) is 17.2 Å². The molecule has 0 aliphatic rings. The van der Waals surface area contributed by atoms with Crippen molar-refractivity contribution in [1.82, 2.24) is 5.32 Å². The molecule has 0 saturated heterocycles. The van der Waals surface area contributed by atoms with Gasteiger partial charge in [-0.2, -0.15) is 0 Å². The highest BCUT2D eigenvalue weighted by Crippen LogP contribution is 2.32. The third-order valence-electron chi connectivity index (χ3n) is 5.70. The van der Waals surface area contributed by atoms with Crippen molar-refractivity contribution in [2.45, 2.75) is 84.0 Å². The number of benzene rings is 2. The predicted molar refractivity (Wildman–Crippen MR) is 136 cm³/mol. The van der Waals surface area contributed by atoms with Crippen LogP contribution in [0.2, 0.25) is 5.02 Å². The number of hydrogen-bond donors (Lipinski definition) is 3. The third-order valence-corrected chi connectivity index (χ3v) is 6.01. The maximum absolute atomic E-state index is 12.4. The summed E-state index contributed by atoms with van der Waals surface area (Å²) in [5, 5.41) is 16.7. The Morgan fingerprint density at radius 2 is 1.41 bits per heavy atom. The van der Waals surface area contributed by atoms with E-state index >= 15 is 0 Å². The maximum Gasteiger partial charge on any atom is 0.255 e. The highest BCUT2D eigenvalue weighted by Gasteiger charge is 2.14. The van der Waals surface area contributed by atoms with Crippen molar-refractivity contribution < 1.29 is 9.90 Å². The van der Waals surface area contributed by atoms with Gasteiger partial charge in [0.25, 0.3) is 5.91 Å². The Kier molecular flexibility index (Phi) is 12.7. The summed E-state index contributed by atoms with van der Waals surface area (Å²) in [5.74, 6) is -0.376. The molecule has 0 saturated carbocycles. The molecule has 3 N–H and O–H groups in total. The zero-order chi connectivity index (χ0) is 23.0. The van der Waals surface area contributed by atoms with E-state index in [1.807, 2.05) is 30.3 Å². The van der Waals surface area contributed by atoms with Crippen molar-refractivity contribution in [2.75, 3.05) is 11.9 Å². The second kappa shape index (κ2) is 15.6. The highest BCUT2D eigenvalue weighted by atomic mass is 35.5. The number of phenols is 1. The number of phenolic OH excluding ortho intramolecular Hbond substituents is 1. The monoisotopic (exact) mass is 458 g/mol. The summed E-state index contributed by atoms with van der Waals surface area (Å²) >= 11 is 6.33. The fourth-order valence-corrected chi connectivity index (χ4v) is 3.99. The quantitative estimate of drug-likeness (QED) is 0.222. The number of nitrogens with one attached hydrogen (secondary N) is 2. The molecule has 0 fully saturated rings. The second-order valence-corrected chi connectivity index (χ2v) is 8.89. The molecule has 2 rings (SSSR count). The Balaban J connectivity index is 1.60. The van der Waals surface area contributed by atoms with Crippen LogP contribution in [-0.4, -0.2) is 17.6 Å². The minimum atomic E-state index is -0.293. The molecular formula is C27H39ClN2O2. The van der Waals surface area contributed by atoms with Crippen LogP contribution in [-0.2, 0) is 0 Å². The number of para-hydroxylation sites is 1. The second-order valence-electron chi connectivity index (χ2n) is 8.49. The van der Waals surface area contributed by atoms with Crippen molar-refractivity contribution in [3.05, 3.63) is 53.1 Å². The lowest BCUT2D eigenvalue weighted by atomic mass is 10.1. The summed E-state index contributed by atoms with van der Waals surface area (Å²) in [5.41, 5.74) is 1.62. The van der Waals surface area contributed by atoms with Crippen LogP contribution in [0.15, 0.2) is 42.5 Å². The van der Waals surface area contributed by atoms with Gasteiger partial charge in [-0.05, 0) is 24.6 Å². The molecule has 0 atom stereocenters. The molecule has 4 nitrogen and oxygen atoms in total. The van der Waals surface area contributed by atoms with Gasteiger partial charge in [0.05, 0.1) is 16.3 Å². The molecular weight excluding hydrogens is 420 g/mol. The Morgan fingerprint density at radius 1 is 0.844 bits per heavy atom. The van der Waals surface area contributed by atoms with E-state index in [9.17, 15) is 9.90 Å². The molecule has 2 aromatic rings. The largest absolute Gasteiger partial charge is 0.507 e. The van der Waals surface area contributed by atoms with Crippen LogP contribution < -0.4 is 10.6 Å². The number of amides is 1. The number of unbranched alkanes of at least 4 members (excludes halogenated alkanes) is 11. The number of rotatable bonds is 16. The van der Waals surface area contributed by atoms with Crippen LogP contribution in [0.1, 0.15) is 94.3 Å². The van der Waals surface area contributed by atoms with Crippen LogP contribution in [0, 0.1) is 0 Å². The summed E-state index contributed by atoms with van der Waals surface area (Å²) in [6.07, 6.45) is 15.4. The lowest BCUT2D eigenvalue weighted by molar-refractivity contribution is 0.0950. The topological polar surface area (TPSA) is 61.4 Å². The normalized spacial score (nSPS) is 10.8. The number of hydrogen-bond acceptors (Lipinski definition) is 3. The first-order valence-corrected chi connectivity index (χ1v) is 12.6. The first-order chi connectivity index (χ1) is 15.6. The van der Waals surface area contributed by atoms with E-state index in [1.54, 1.807) is 0 Å². The summed E-state index contributed by atoms with van der Waals surface area (Å²) in [6.45, 7) is 2.87. The zero-order valence-corrected chi connectivity index (χ0v) is 20.2. The third kappa shape index (κ3) is 9.95. The molecule has 0 aromatic heterocycles. The van der Waals surface area contributed by atoms with Crippen LogP contribution in [0.4, 0.5) is 11.4 Å². The molecule has 0 radical (unpaired) electrons. The van der Waals surface area contributed by atoms with Crippen molar-refractivity contribution in [2.24, 2.45) is 0 Å². The smallest absolute Gasteiger partial charge is 0.255 e. The van der Waals surface area contributed by atoms with Gasteiger partial charge >= 0.3 is 0 Å². The minimum absolute atomic E-state index is 0.0833. The van der Waals surface area contributed by atoms with Crippen molar-refractivity contribution >= 4 is 28.9 Å². The molecule has 0 aliphatic carbocycles. The average molecular weight is 459 g/mol. The van der Waals surface area contributed by atoms with E-state index in [0.717, 1.165) is 18.5 Å². The molecule has 0 unspecified atom stereocenters. The standard InChI is InChI=1S/C27H39ClN2O2/c1-2-3-4-5-6-7-8-9-10-11-12-16-19-29-27(32)23-20-24(28)25(21-26(23)31)30-22-17-14-13-15-18-22/h13-15,17-18,20-21,30-31H,2-12,16,19H2,1H3,(H,29,32). The van der Waals surface area contributed by atoms with Gasteiger partial charge in [0, 0.05) is 18.3 Å². The van der Waals surface area contributed by atoms with Gasteiger partial charge in [-0.3, -0.25) is 4.79 Å². The highest BCUT2D eigenvalue weighted by molar-refractivity contribution is 6.33. The van der Waals surface area contributed by atoms with Gasteiger partial charge in [-0.1, -0.05) is 107 Å². The van der Waals surface area contributed by atoms with E-state index in [4.69, 9.17) is 11.6 Å². The van der Waals surface area contributed by atoms with Gasteiger partial charge in [-0.15, -0.1) is 0 Å². The molecule has 0 spiro atoms. The molecule has 0 aliphatic heterocycles. The fourth-order valence-electron chi connectivity index (χ4n) is 3.78. The fraction of sp³-hybridized carbons (Fsp3) is 0.519. The van der Waals surface area contributed by atoms with Gasteiger partial charge in [0.2, 0.25) is 0 Å². The van der Waals surface area contributed by atoms with Crippen LogP contribution >= 0.6 is 11.6 Å². The van der Waals surface area contributed by atoms with Crippen LogP contribution in [0.25, 0.3) is 0 Å². The Labute approximate surface area is 198 Å². The number of aromatic hydroxyl groups is 1. The molecule has 2 aromatic carbocycles. The predicted octanol–water partition coefficient (Wildman–Crippen LogP) is 8.22. The molecule has 0 bridgehead atoms. The van der Waals surface area contributed by atoms with E-state index in [1.165, 1.54) is 76.3 Å². The van der Waals surface area contributed by atoms with Gasteiger partial charge in [0.15, 0.2) is 0 Å².